The van der Waals surface area contributed by atoms with Crippen molar-refractivity contribution >= 4 is 21.6 Å². The monoisotopic (exact) mass is 193 g/mol. The first-order chi connectivity index (χ1) is 6.20. The Balaban J connectivity index is 2.77. The van der Waals surface area contributed by atoms with Crippen molar-refractivity contribution in [3.05, 3.63) is 17.6 Å². The number of fused-ring (bicyclic) bond motifs is 1. The number of hydrogen-bond acceptors (Lipinski definition) is 4. The van der Waals surface area contributed by atoms with Crippen LogP contribution in [0.15, 0.2) is 6.20 Å². The van der Waals surface area contributed by atoms with Crippen LogP contribution in [0, 0.1) is 6.92 Å². The zero-order valence-corrected chi connectivity index (χ0v) is 8.72. The van der Waals surface area contributed by atoms with Gasteiger partial charge in [0.2, 0.25) is 0 Å². The fourth-order valence-electron chi connectivity index (χ4n) is 1.29. The van der Waals surface area contributed by atoms with Gasteiger partial charge in [-0.3, -0.25) is 0 Å². The Morgan fingerprint density at radius 2 is 2.15 bits per heavy atom. The minimum atomic E-state index is 0.413. The Kier molecular flexibility index (Phi) is 2.00. The van der Waals surface area contributed by atoms with Gasteiger partial charge in [0, 0.05) is 5.39 Å². The highest BCUT2D eigenvalue weighted by Gasteiger charge is 2.11. The summed E-state index contributed by atoms with van der Waals surface area (Å²) < 4.78 is 5.48. The van der Waals surface area contributed by atoms with Gasteiger partial charge in [-0.2, -0.15) is 14.6 Å². The van der Waals surface area contributed by atoms with E-state index in [9.17, 15) is 0 Å². The van der Waals surface area contributed by atoms with E-state index in [0.717, 1.165) is 16.8 Å². The molecule has 2 aromatic rings. The largest absolute Gasteiger partial charge is 0.197 e. The van der Waals surface area contributed by atoms with Crippen molar-refractivity contribution in [1.82, 2.24) is 14.6 Å². The van der Waals surface area contributed by atoms with Gasteiger partial charge in [0.05, 0.1) is 22.3 Å². The van der Waals surface area contributed by atoms with Crippen LogP contribution in [0.2, 0.25) is 0 Å². The quantitative estimate of drug-likeness (QED) is 0.698. The van der Waals surface area contributed by atoms with Gasteiger partial charge in [-0.1, -0.05) is 13.8 Å². The first-order valence-corrected chi connectivity index (χ1v) is 5.05. The number of aryl methyl sites for hydroxylation is 1. The second-order valence-corrected chi connectivity index (χ2v) is 4.17. The molecule has 0 fully saturated rings. The fourth-order valence-corrected chi connectivity index (χ4v) is 2.28. The Labute approximate surface area is 81.0 Å². The smallest absolute Gasteiger partial charge is 0.0850 e. The second-order valence-electron chi connectivity index (χ2n) is 3.40. The fraction of sp³-hybridized carbons (Fsp3) is 0.444. The van der Waals surface area contributed by atoms with Gasteiger partial charge in [0.1, 0.15) is 0 Å². The Morgan fingerprint density at radius 1 is 1.38 bits per heavy atom. The zero-order valence-electron chi connectivity index (χ0n) is 7.90. The lowest BCUT2D eigenvalue weighted by molar-refractivity contribution is 0.801. The lowest BCUT2D eigenvalue weighted by Crippen LogP contribution is -1.94. The molecule has 0 atom stereocenters. The van der Waals surface area contributed by atoms with E-state index in [0.29, 0.717) is 5.92 Å². The molecule has 0 saturated heterocycles. The number of aromatic nitrogens is 3. The molecule has 0 N–H and O–H groups in total. The van der Waals surface area contributed by atoms with E-state index in [-0.39, 0.29) is 0 Å². The molecule has 68 valence electrons. The number of hydrogen-bond donors (Lipinski definition) is 0. The summed E-state index contributed by atoms with van der Waals surface area (Å²) in [5.41, 5.74) is 2.11. The average molecular weight is 193 g/mol. The van der Waals surface area contributed by atoms with E-state index in [1.165, 1.54) is 16.2 Å². The van der Waals surface area contributed by atoms with Crippen molar-refractivity contribution in [3.8, 4) is 0 Å². The summed E-state index contributed by atoms with van der Waals surface area (Å²) in [7, 11) is 0. The van der Waals surface area contributed by atoms with Gasteiger partial charge in [-0.05, 0) is 24.4 Å². The van der Waals surface area contributed by atoms with Gasteiger partial charge in [0.25, 0.3) is 0 Å². The molecule has 0 radical (unpaired) electrons. The average Bonchev–Trinajstić information content (AvgIpc) is 2.48. The molecule has 2 heterocycles. The molecule has 0 aliphatic carbocycles. The van der Waals surface area contributed by atoms with Crippen LogP contribution in [0.4, 0.5) is 0 Å². The Morgan fingerprint density at radius 3 is 2.85 bits per heavy atom. The molecule has 4 heteroatoms. The summed E-state index contributed by atoms with van der Waals surface area (Å²) in [4.78, 5) is 0. The summed E-state index contributed by atoms with van der Waals surface area (Å²) in [5, 5.41) is 9.27. The molecule has 2 rings (SSSR count). The zero-order chi connectivity index (χ0) is 9.42. The third-order valence-corrected chi connectivity index (χ3v) is 3.02. The van der Waals surface area contributed by atoms with Crippen molar-refractivity contribution in [2.75, 3.05) is 0 Å². The highest BCUT2D eigenvalue weighted by molar-refractivity contribution is 7.13. The molecule has 2 aromatic heterocycles. The van der Waals surface area contributed by atoms with Crippen LogP contribution in [-0.4, -0.2) is 14.6 Å². The summed E-state index contributed by atoms with van der Waals surface area (Å²) in [6, 6.07) is 0. The Bertz CT molecular complexity index is 433. The maximum atomic E-state index is 4.30. The molecule has 3 nitrogen and oxygen atoms in total. The number of rotatable bonds is 1. The van der Waals surface area contributed by atoms with Crippen molar-refractivity contribution in [2.24, 2.45) is 0 Å². The topological polar surface area (TPSA) is 38.7 Å². The van der Waals surface area contributed by atoms with Gasteiger partial charge in [-0.25, -0.2) is 0 Å². The molecule has 0 aromatic carbocycles. The molecule has 0 unspecified atom stereocenters. The van der Waals surface area contributed by atoms with Crippen molar-refractivity contribution in [2.45, 2.75) is 26.7 Å². The molecule has 0 bridgehead atoms. The predicted molar refractivity (Wildman–Crippen MR) is 54.0 cm³/mol. The number of nitrogens with zero attached hydrogens (tertiary/aromatic N) is 3. The van der Waals surface area contributed by atoms with Crippen LogP contribution in [0.3, 0.4) is 0 Å². The van der Waals surface area contributed by atoms with E-state index in [1.807, 2.05) is 6.92 Å². The second kappa shape index (κ2) is 3.03. The van der Waals surface area contributed by atoms with Crippen LogP contribution in [0.25, 0.3) is 10.1 Å². The molecule has 0 aliphatic heterocycles. The maximum absolute atomic E-state index is 4.30. The van der Waals surface area contributed by atoms with E-state index < -0.39 is 0 Å². The summed E-state index contributed by atoms with van der Waals surface area (Å²) >= 11 is 1.52. The predicted octanol–water partition coefficient (Wildman–Crippen LogP) is 2.52. The van der Waals surface area contributed by atoms with Crippen molar-refractivity contribution in [3.63, 3.8) is 0 Å². The molecule has 0 aliphatic rings. The highest BCUT2D eigenvalue weighted by Crippen LogP contribution is 2.27. The molecule has 0 saturated carbocycles. The first-order valence-electron chi connectivity index (χ1n) is 4.27. The normalized spacial score (nSPS) is 11.4. The van der Waals surface area contributed by atoms with Gasteiger partial charge in [0.15, 0.2) is 0 Å². The molecule has 13 heavy (non-hydrogen) atoms. The molecular formula is C9H11N3S. The summed E-state index contributed by atoms with van der Waals surface area (Å²) in [5.74, 6) is 0.413. The minimum absolute atomic E-state index is 0.413. The summed E-state index contributed by atoms with van der Waals surface area (Å²) in [6.45, 7) is 6.25. The minimum Gasteiger partial charge on any atom is -0.197 e. The third-order valence-electron chi connectivity index (χ3n) is 2.04. The molecular weight excluding hydrogens is 182 g/mol. The van der Waals surface area contributed by atoms with Crippen LogP contribution >= 0.6 is 11.5 Å². The highest BCUT2D eigenvalue weighted by atomic mass is 32.1. The lowest BCUT2D eigenvalue weighted by atomic mass is 10.1. The first kappa shape index (κ1) is 8.56. The van der Waals surface area contributed by atoms with Crippen LogP contribution in [0.5, 0.6) is 0 Å². The third kappa shape index (κ3) is 1.31. The summed E-state index contributed by atoms with van der Waals surface area (Å²) in [6.07, 6.45) is 1.79. The van der Waals surface area contributed by atoms with E-state index in [2.05, 4.69) is 28.4 Å². The van der Waals surface area contributed by atoms with Gasteiger partial charge >= 0.3 is 0 Å². The standard InChI is InChI=1S/C9H11N3S/c1-5(2)8-9-7(4-10-11-8)6(3)12-13-9/h4-5H,1-3H3. The molecule has 0 spiro atoms. The van der Waals surface area contributed by atoms with Crippen LogP contribution < -0.4 is 0 Å². The maximum Gasteiger partial charge on any atom is 0.0850 e. The molecule has 0 amide bonds. The van der Waals surface area contributed by atoms with Crippen LogP contribution in [-0.2, 0) is 0 Å². The Hall–Kier alpha value is -1.03. The van der Waals surface area contributed by atoms with Gasteiger partial charge < -0.3 is 0 Å². The lowest BCUT2D eigenvalue weighted by Gasteiger charge is -2.02. The van der Waals surface area contributed by atoms with Crippen molar-refractivity contribution < 1.29 is 0 Å². The van der Waals surface area contributed by atoms with E-state index in [4.69, 9.17) is 0 Å². The van der Waals surface area contributed by atoms with E-state index >= 15 is 0 Å². The van der Waals surface area contributed by atoms with Crippen LogP contribution in [0.1, 0.15) is 31.2 Å². The SMILES string of the molecule is Cc1nsc2c(C(C)C)nncc12. The van der Waals surface area contributed by atoms with E-state index in [1.54, 1.807) is 6.20 Å². The van der Waals surface area contributed by atoms with Crippen molar-refractivity contribution in [1.29, 1.82) is 0 Å². The van der Waals surface area contributed by atoms with Gasteiger partial charge in [-0.15, -0.1) is 0 Å².